The van der Waals surface area contributed by atoms with E-state index in [0.29, 0.717) is 13.0 Å². The Hall–Kier alpha value is -2.30. The second kappa shape index (κ2) is 6.64. The standard InChI is InChI=1S/C17H23N3O2/c1-11(2)14-8-15(13(4)7-16(14)21)19-17(22)5-6-20-10-12(3)9-18-20/h7-11,21H,5-6H2,1-4H3,(H,19,22). The average molecular weight is 301 g/mol. The molecule has 0 spiro atoms. The van der Waals surface area contributed by atoms with Crippen molar-refractivity contribution in [3.63, 3.8) is 0 Å². The molecule has 0 bridgehead atoms. The van der Waals surface area contributed by atoms with Crippen LogP contribution in [0.3, 0.4) is 0 Å². The van der Waals surface area contributed by atoms with Crippen LogP contribution in [0, 0.1) is 13.8 Å². The predicted octanol–water partition coefficient (Wildman–Crippen LogP) is 3.36. The molecule has 0 saturated carbocycles. The van der Waals surface area contributed by atoms with Crippen molar-refractivity contribution < 1.29 is 9.90 Å². The largest absolute Gasteiger partial charge is 0.508 e. The van der Waals surface area contributed by atoms with Crippen molar-refractivity contribution in [2.45, 2.75) is 46.6 Å². The van der Waals surface area contributed by atoms with Gasteiger partial charge in [0.25, 0.3) is 0 Å². The summed E-state index contributed by atoms with van der Waals surface area (Å²) < 4.78 is 1.76. The summed E-state index contributed by atoms with van der Waals surface area (Å²) in [5.41, 5.74) is 3.52. The van der Waals surface area contributed by atoms with Crippen molar-refractivity contribution in [1.82, 2.24) is 9.78 Å². The summed E-state index contributed by atoms with van der Waals surface area (Å²) in [6.45, 7) is 8.41. The molecule has 1 amide bonds. The summed E-state index contributed by atoms with van der Waals surface area (Å²) in [5.74, 6) is 0.414. The SMILES string of the molecule is Cc1cnn(CCC(=O)Nc2cc(C(C)C)c(O)cc2C)c1. The number of anilines is 1. The first-order valence-electron chi connectivity index (χ1n) is 7.49. The summed E-state index contributed by atoms with van der Waals surface area (Å²) in [4.78, 5) is 12.1. The maximum atomic E-state index is 12.1. The molecule has 1 aromatic carbocycles. The van der Waals surface area contributed by atoms with Crippen LogP contribution in [0.15, 0.2) is 24.5 Å². The minimum Gasteiger partial charge on any atom is -0.508 e. The third-order valence-electron chi connectivity index (χ3n) is 3.60. The number of hydrogen-bond acceptors (Lipinski definition) is 3. The van der Waals surface area contributed by atoms with Crippen molar-refractivity contribution in [3.05, 3.63) is 41.2 Å². The Labute approximate surface area is 131 Å². The van der Waals surface area contributed by atoms with Gasteiger partial charge in [0.2, 0.25) is 5.91 Å². The molecule has 2 aromatic rings. The molecule has 0 unspecified atom stereocenters. The number of nitrogens with one attached hydrogen (secondary N) is 1. The lowest BCUT2D eigenvalue weighted by atomic mass is 9.99. The van der Waals surface area contributed by atoms with Crippen LogP contribution in [0.2, 0.25) is 0 Å². The zero-order valence-corrected chi connectivity index (χ0v) is 13.6. The number of nitrogens with zero attached hydrogens (tertiary/aromatic N) is 2. The van der Waals surface area contributed by atoms with Gasteiger partial charge in [-0.3, -0.25) is 9.48 Å². The molecule has 2 rings (SSSR count). The smallest absolute Gasteiger partial charge is 0.226 e. The minimum atomic E-state index is -0.0587. The first-order chi connectivity index (χ1) is 10.4. The van der Waals surface area contributed by atoms with Gasteiger partial charge in [-0.2, -0.15) is 5.10 Å². The Morgan fingerprint density at radius 1 is 1.36 bits per heavy atom. The Bertz CT molecular complexity index is 675. The van der Waals surface area contributed by atoms with Crippen LogP contribution in [0.25, 0.3) is 0 Å². The molecule has 0 fully saturated rings. The molecule has 5 nitrogen and oxygen atoms in total. The maximum Gasteiger partial charge on any atom is 0.226 e. The van der Waals surface area contributed by atoms with Crippen molar-refractivity contribution in [2.24, 2.45) is 0 Å². The molecule has 0 radical (unpaired) electrons. The highest BCUT2D eigenvalue weighted by Crippen LogP contribution is 2.31. The van der Waals surface area contributed by atoms with Gasteiger partial charge in [-0.15, -0.1) is 0 Å². The first-order valence-corrected chi connectivity index (χ1v) is 7.49. The second-order valence-electron chi connectivity index (χ2n) is 5.96. The number of benzene rings is 1. The van der Waals surface area contributed by atoms with Crippen LogP contribution in [0.1, 0.15) is 42.9 Å². The number of carbonyl (C=O) groups excluding carboxylic acids is 1. The van der Waals surface area contributed by atoms with Crippen LogP contribution < -0.4 is 5.32 Å². The molecular formula is C17H23N3O2. The van der Waals surface area contributed by atoms with Gasteiger partial charge < -0.3 is 10.4 Å². The van der Waals surface area contributed by atoms with E-state index in [2.05, 4.69) is 10.4 Å². The van der Waals surface area contributed by atoms with Gasteiger partial charge in [0.1, 0.15) is 5.75 Å². The Balaban J connectivity index is 2.03. The van der Waals surface area contributed by atoms with E-state index in [1.165, 1.54) is 0 Å². The molecule has 0 aliphatic rings. The molecule has 2 N–H and O–H groups in total. The highest BCUT2D eigenvalue weighted by molar-refractivity contribution is 5.91. The summed E-state index contributed by atoms with van der Waals surface area (Å²) in [7, 11) is 0. The monoisotopic (exact) mass is 301 g/mol. The molecule has 0 aliphatic heterocycles. The number of rotatable bonds is 5. The number of phenolic OH excluding ortho intramolecular Hbond substituents is 1. The molecule has 1 heterocycles. The van der Waals surface area contributed by atoms with Gasteiger partial charge in [-0.1, -0.05) is 13.8 Å². The number of aryl methyl sites for hydroxylation is 3. The highest BCUT2D eigenvalue weighted by Gasteiger charge is 2.12. The highest BCUT2D eigenvalue weighted by atomic mass is 16.3. The summed E-state index contributed by atoms with van der Waals surface area (Å²) in [6.07, 6.45) is 4.05. The van der Waals surface area contributed by atoms with E-state index < -0.39 is 0 Å². The topological polar surface area (TPSA) is 67.2 Å². The molecule has 0 atom stereocenters. The van der Waals surface area contributed by atoms with Crippen molar-refractivity contribution in [1.29, 1.82) is 0 Å². The number of aromatic hydroxyl groups is 1. The molecule has 22 heavy (non-hydrogen) atoms. The van der Waals surface area contributed by atoms with Gasteiger partial charge in [-0.25, -0.2) is 0 Å². The predicted molar refractivity (Wildman–Crippen MR) is 87.1 cm³/mol. The van der Waals surface area contributed by atoms with E-state index in [-0.39, 0.29) is 17.6 Å². The van der Waals surface area contributed by atoms with Crippen LogP contribution in [-0.2, 0) is 11.3 Å². The van der Waals surface area contributed by atoms with Crippen LogP contribution in [0.5, 0.6) is 5.75 Å². The third kappa shape index (κ3) is 3.87. The fourth-order valence-corrected chi connectivity index (χ4v) is 2.32. The van der Waals surface area contributed by atoms with E-state index >= 15 is 0 Å². The van der Waals surface area contributed by atoms with E-state index in [9.17, 15) is 9.90 Å². The average Bonchev–Trinajstić information content (AvgIpc) is 2.85. The number of aromatic nitrogens is 2. The molecule has 0 saturated heterocycles. The lowest BCUT2D eigenvalue weighted by Crippen LogP contribution is -2.15. The first kappa shape index (κ1) is 16.1. The van der Waals surface area contributed by atoms with Gasteiger partial charge in [-0.05, 0) is 48.6 Å². The fraction of sp³-hybridized carbons (Fsp3) is 0.412. The maximum absolute atomic E-state index is 12.1. The number of phenols is 1. The van der Waals surface area contributed by atoms with Crippen molar-refractivity contribution in [3.8, 4) is 5.75 Å². The molecule has 0 aliphatic carbocycles. The third-order valence-corrected chi connectivity index (χ3v) is 3.60. The summed E-state index contributed by atoms with van der Waals surface area (Å²) >= 11 is 0. The van der Waals surface area contributed by atoms with Crippen LogP contribution in [-0.4, -0.2) is 20.8 Å². The molecular weight excluding hydrogens is 278 g/mol. The lowest BCUT2D eigenvalue weighted by molar-refractivity contribution is -0.116. The van der Waals surface area contributed by atoms with Crippen LogP contribution in [0.4, 0.5) is 5.69 Å². The Kier molecular flexibility index (Phi) is 4.85. The van der Waals surface area contributed by atoms with Gasteiger partial charge in [0.05, 0.1) is 6.20 Å². The van der Waals surface area contributed by atoms with E-state index in [1.54, 1.807) is 16.9 Å². The number of carbonyl (C=O) groups is 1. The van der Waals surface area contributed by atoms with Crippen molar-refractivity contribution in [2.75, 3.05) is 5.32 Å². The van der Waals surface area contributed by atoms with E-state index in [0.717, 1.165) is 22.4 Å². The normalized spacial score (nSPS) is 11.0. The Morgan fingerprint density at radius 3 is 2.68 bits per heavy atom. The zero-order chi connectivity index (χ0) is 16.3. The van der Waals surface area contributed by atoms with Crippen molar-refractivity contribution >= 4 is 11.6 Å². The van der Waals surface area contributed by atoms with E-state index in [4.69, 9.17) is 0 Å². The van der Waals surface area contributed by atoms with E-state index in [1.807, 2.05) is 40.0 Å². The van der Waals surface area contributed by atoms with Gasteiger partial charge >= 0.3 is 0 Å². The van der Waals surface area contributed by atoms with Crippen LogP contribution >= 0.6 is 0 Å². The van der Waals surface area contributed by atoms with Gasteiger partial charge in [0.15, 0.2) is 0 Å². The molecule has 118 valence electrons. The summed E-state index contributed by atoms with van der Waals surface area (Å²) in [5, 5.41) is 17.0. The Morgan fingerprint density at radius 2 is 2.09 bits per heavy atom. The lowest BCUT2D eigenvalue weighted by Gasteiger charge is -2.14. The minimum absolute atomic E-state index is 0.0587. The summed E-state index contributed by atoms with van der Waals surface area (Å²) in [6, 6.07) is 3.55. The number of hydrogen-bond donors (Lipinski definition) is 2. The number of amides is 1. The van der Waals surface area contributed by atoms with Gasteiger partial charge in [0, 0.05) is 24.8 Å². The second-order valence-corrected chi connectivity index (χ2v) is 5.96. The quantitative estimate of drug-likeness (QED) is 0.832. The molecule has 1 aromatic heterocycles. The molecule has 5 heteroatoms. The fourth-order valence-electron chi connectivity index (χ4n) is 2.32. The zero-order valence-electron chi connectivity index (χ0n) is 13.6.